The zero-order valence-electron chi connectivity index (χ0n) is 13.0. The number of fused-ring (bicyclic) bond motifs is 1. The number of aromatic amines is 1. The topological polar surface area (TPSA) is 97.5 Å². The SMILES string of the molecule is Cn1nc(C2CC2)cc1Nc1nc(-c2ccoc2)nc2cn[nH]c12. The van der Waals surface area contributed by atoms with Gasteiger partial charge in [0.15, 0.2) is 11.6 Å². The van der Waals surface area contributed by atoms with Gasteiger partial charge >= 0.3 is 0 Å². The Morgan fingerprint density at radius 3 is 3.04 bits per heavy atom. The maximum atomic E-state index is 5.14. The van der Waals surface area contributed by atoms with Gasteiger partial charge in [-0.25, -0.2) is 9.97 Å². The monoisotopic (exact) mass is 321 g/mol. The molecule has 5 rings (SSSR count). The molecule has 0 aromatic carbocycles. The lowest BCUT2D eigenvalue weighted by Crippen LogP contribution is -2.03. The summed E-state index contributed by atoms with van der Waals surface area (Å²) in [7, 11) is 1.93. The molecule has 1 fully saturated rings. The third kappa shape index (κ3) is 2.15. The van der Waals surface area contributed by atoms with Crippen molar-refractivity contribution in [3.05, 3.63) is 36.5 Å². The van der Waals surface area contributed by atoms with Crippen LogP contribution < -0.4 is 5.32 Å². The second kappa shape index (κ2) is 4.92. The number of aryl methyl sites for hydroxylation is 1. The van der Waals surface area contributed by atoms with E-state index >= 15 is 0 Å². The summed E-state index contributed by atoms with van der Waals surface area (Å²) in [6.45, 7) is 0. The van der Waals surface area contributed by atoms with Crippen LogP contribution in [0.5, 0.6) is 0 Å². The Labute approximate surface area is 136 Å². The third-order valence-corrected chi connectivity index (χ3v) is 4.22. The van der Waals surface area contributed by atoms with Gasteiger partial charge in [-0.2, -0.15) is 10.2 Å². The van der Waals surface area contributed by atoms with Gasteiger partial charge in [0, 0.05) is 19.0 Å². The Morgan fingerprint density at radius 2 is 2.25 bits per heavy atom. The average molecular weight is 321 g/mol. The molecule has 4 heterocycles. The number of nitrogens with zero attached hydrogens (tertiary/aromatic N) is 5. The maximum Gasteiger partial charge on any atom is 0.165 e. The van der Waals surface area contributed by atoms with E-state index in [2.05, 4.69) is 36.6 Å². The van der Waals surface area contributed by atoms with Gasteiger partial charge in [0.2, 0.25) is 0 Å². The number of aromatic nitrogens is 6. The van der Waals surface area contributed by atoms with Crippen LogP contribution in [0.1, 0.15) is 24.5 Å². The highest BCUT2D eigenvalue weighted by atomic mass is 16.3. The summed E-state index contributed by atoms with van der Waals surface area (Å²) in [6, 6.07) is 3.92. The molecular weight excluding hydrogens is 306 g/mol. The van der Waals surface area contributed by atoms with Gasteiger partial charge in [-0.3, -0.25) is 9.78 Å². The van der Waals surface area contributed by atoms with Crippen LogP contribution >= 0.6 is 0 Å². The maximum absolute atomic E-state index is 5.14. The van der Waals surface area contributed by atoms with Crippen molar-refractivity contribution >= 4 is 22.7 Å². The normalized spacial score (nSPS) is 14.4. The van der Waals surface area contributed by atoms with Crippen LogP contribution in [-0.4, -0.2) is 29.9 Å². The molecule has 24 heavy (non-hydrogen) atoms. The Hall–Kier alpha value is -3.16. The minimum absolute atomic E-state index is 0.588. The number of H-pyrrole nitrogens is 1. The molecule has 0 radical (unpaired) electrons. The molecule has 1 saturated carbocycles. The zero-order chi connectivity index (χ0) is 16.1. The number of anilines is 2. The first kappa shape index (κ1) is 13.3. The molecule has 4 aromatic rings. The largest absolute Gasteiger partial charge is 0.472 e. The lowest BCUT2D eigenvalue weighted by molar-refractivity contribution is 0.568. The number of rotatable bonds is 4. The molecule has 1 aliphatic rings. The van der Waals surface area contributed by atoms with Gasteiger partial charge in [-0.05, 0) is 18.9 Å². The average Bonchev–Trinajstić information content (AvgIpc) is 3.00. The molecule has 8 heteroatoms. The molecule has 1 aliphatic carbocycles. The van der Waals surface area contributed by atoms with Gasteiger partial charge in [0.1, 0.15) is 23.1 Å². The zero-order valence-corrected chi connectivity index (χ0v) is 13.0. The first-order valence-electron chi connectivity index (χ1n) is 7.82. The summed E-state index contributed by atoms with van der Waals surface area (Å²) in [6.07, 6.45) is 7.36. The predicted octanol–water partition coefficient (Wildman–Crippen LogP) is 2.97. The first-order valence-corrected chi connectivity index (χ1v) is 7.82. The van der Waals surface area contributed by atoms with Crippen molar-refractivity contribution in [2.24, 2.45) is 7.05 Å². The van der Waals surface area contributed by atoms with E-state index in [9.17, 15) is 0 Å². The van der Waals surface area contributed by atoms with Gasteiger partial charge in [0.05, 0.1) is 23.7 Å². The van der Waals surface area contributed by atoms with E-state index in [1.165, 1.54) is 12.8 Å². The van der Waals surface area contributed by atoms with E-state index in [4.69, 9.17) is 4.42 Å². The Morgan fingerprint density at radius 1 is 1.33 bits per heavy atom. The van der Waals surface area contributed by atoms with Crippen molar-refractivity contribution in [2.45, 2.75) is 18.8 Å². The second-order valence-electron chi connectivity index (χ2n) is 6.02. The Kier molecular flexibility index (Phi) is 2.72. The summed E-state index contributed by atoms with van der Waals surface area (Å²) < 4.78 is 6.98. The highest BCUT2D eigenvalue weighted by molar-refractivity contribution is 5.88. The molecule has 4 aromatic heterocycles. The first-order chi connectivity index (χ1) is 11.8. The lowest BCUT2D eigenvalue weighted by atomic mass is 10.3. The van der Waals surface area contributed by atoms with E-state index in [0.717, 1.165) is 28.1 Å². The highest BCUT2D eigenvalue weighted by Crippen LogP contribution is 2.40. The standard InChI is InChI=1S/C16H15N7O/c1-23-13(6-11(22-23)9-2-3-9)19-16-14-12(7-17-21-14)18-15(20-16)10-4-5-24-8-10/h4-9H,2-3H2,1H3,(H,17,21)(H,18,19,20). The van der Waals surface area contributed by atoms with Crippen LogP contribution in [0.4, 0.5) is 11.6 Å². The van der Waals surface area contributed by atoms with Gasteiger partial charge in [0.25, 0.3) is 0 Å². The molecule has 0 amide bonds. The van der Waals surface area contributed by atoms with Crippen molar-refractivity contribution in [1.29, 1.82) is 0 Å². The molecule has 0 aliphatic heterocycles. The van der Waals surface area contributed by atoms with Gasteiger partial charge in [-0.15, -0.1) is 0 Å². The summed E-state index contributed by atoms with van der Waals surface area (Å²) in [5.41, 5.74) is 3.46. The number of nitrogens with one attached hydrogen (secondary N) is 2. The molecule has 0 spiro atoms. The molecule has 0 atom stereocenters. The molecule has 8 nitrogen and oxygen atoms in total. The molecule has 0 bridgehead atoms. The van der Waals surface area contributed by atoms with Crippen LogP contribution in [0, 0.1) is 0 Å². The molecule has 0 unspecified atom stereocenters. The third-order valence-electron chi connectivity index (χ3n) is 4.22. The summed E-state index contributed by atoms with van der Waals surface area (Å²) in [5.74, 6) is 2.75. The van der Waals surface area contributed by atoms with E-state index in [0.29, 0.717) is 17.6 Å². The summed E-state index contributed by atoms with van der Waals surface area (Å²) in [4.78, 5) is 9.15. The fourth-order valence-electron chi connectivity index (χ4n) is 2.76. The number of furan rings is 1. The van der Waals surface area contributed by atoms with E-state index < -0.39 is 0 Å². The second-order valence-corrected chi connectivity index (χ2v) is 6.02. The van der Waals surface area contributed by atoms with Crippen LogP contribution in [0.2, 0.25) is 0 Å². The summed E-state index contributed by atoms with van der Waals surface area (Å²) >= 11 is 0. The van der Waals surface area contributed by atoms with Crippen molar-refractivity contribution in [2.75, 3.05) is 5.32 Å². The summed E-state index contributed by atoms with van der Waals surface area (Å²) in [5, 5.41) is 15.0. The minimum atomic E-state index is 0.588. The van der Waals surface area contributed by atoms with Crippen molar-refractivity contribution < 1.29 is 4.42 Å². The molecular formula is C16H15N7O. The van der Waals surface area contributed by atoms with Crippen LogP contribution in [-0.2, 0) is 7.05 Å². The van der Waals surface area contributed by atoms with E-state index in [-0.39, 0.29) is 0 Å². The fourth-order valence-corrected chi connectivity index (χ4v) is 2.76. The van der Waals surface area contributed by atoms with Gasteiger partial charge < -0.3 is 9.73 Å². The van der Waals surface area contributed by atoms with E-state index in [1.807, 2.05) is 17.8 Å². The Bertz CT molecular complexity index is 1010. The van der Waals surface area contributed by atoms with Gasteiger partial charge in [-0.1, -0.05) is 0 Å². The quantitative estimate of drug-likeness (QED) is 0.600. The lowest BCUT2D eigenvalue weighted by Gasteiger charge is -2.07. The van der Waals surface area contributed by atoms with Crippen LogP contribution in [0.15, 0.2) is 35.3 Å². The van der Waals surface area contributed by atoms with Crippen LogP contribution in [0.25, 0.3) is 22.4 Å². The number of hydrogen-bond acceptors (Lipinski definition) is 6. The fraction of sp³-hybridized carbons (Fsp3) is 0.250. The minimum Gasteiger partial charge on any atom is -0.472 e. The van der Waals surface area contributed by atoms with Crippen molar-refractivity contribution in [3.8, 4) is 11.4 Å². The van der Waals surface area contributed by atoms with Crippen molar-refractivity contribution in [1.82, 2.24) is 29.9 Å². The van der Waals surface area contributed by atoms with E-state index in [1.54, 1.807) is 18.7 Å². The van der Waals surface area contributed by atoms with Crippen molar-refractivity contribution in [3.63, 3.8) is 0 Å². The number of hydrogen-bond donors (Lipinski definition) is 2. The highest BCUT2D eigenvalue weighted by Gasteiger charge is 2.27. The Balaban J connectivity index is 1.59. The molecule has 2 N–H and O–H groups in total. The smallest absolute Gasteiger partial charge is 0.165 e. The predicted molar refractivity (Wildman–Crippen MR) is 87.9 cm³/mol. The molecule has 0 saturated heterocycles. The molecule has 120 valence electrons. The van der Waals surface area contributed by atoms with Crippen LogP contribution in [0.3, 0.4) is 0 Å².